The summed E-state index contributed by atoms with van der Waals surface area (Å²) in [5.41, 5.74) is 15.8. The summed E-state index contributed by atoms with van der Waals surface area (Å²) in [6.45, 7) is 11.8. The molecule has 3 amide bonds. The van der Waals surface area contributed by atoms with Gasteiger partial charge in [-0.1, -0.05) is 39.8 Å². The minimum absolute atomic E-state index is 0.00641. The van der Waals surface area contributed by atoms with Crippen molar-refractivity contribution in [2.45, 2.75) is 97.8 Å². The van der Waals surface area contributed by atoms with Crippen LogP contribution in [-0.4, -0.2) is 107 Å². The second kappa shape index (κ2) is 18.9. The number of phenolic OH excluding ortho intramolecular Hbond substituents is 1. The number of nitrogens with two attached hydrogens (primary N) is 1. The van der Waals surface area contributed by atoms with Gasteiger partial charge in [0.05, 0.1) is 18.9 Å². The molecule has 2 aromatic heterocycles. The molecule has 3 atom stereocenters. The van der Waals surface area contributed by atoms with E-state index in [1.807, 2.05) is 38.2 Å². The highest BCUT2D eigenvalue weighted by atomic mass is 16.5. The minimum Gasteiger partial charge on any atom is -0.508 e. The fourth-order valence-electron chi connectivity index (χ4n) is 8.72. The quantitative estimate of drug-likeness (QED) is 0.154. The SMILES string of the molecule is CCn1c(-c2cnccc2CCOC)c2c3cc(ccc31)-c1cc(O)cc(c1)C[C@H](NC(=O)[C@H](C(C)C)N(C)C(=O)CCN)C(=O)N1CCC[C@H](N1)C(=O)OCC(C)(C)C2. The van der Waals surface area contributed by atoms with Crippen molar-refractivity contribution in [1.29, 1.82) is 0 Å². The van der Waals surface area contributed by atoms with E-state index in [1.54, 1.807) is 32.5 Å². The van der Waals surface area contributed by atoms with Crippen LogP contribution in [0.2, 0.25) is 0 Å². The van der Waals surface area contributed by atoms with Crippen molar-refractivity contribution in [3.05, 3.63) is 71.5 Å². The monoisotopic (exact) mass is 823 g/mol. The van der Waals surface area contributed by atoms with E-state index >= 15 is 0 Å². The van der Waals surface area contributed by atoms with Crippen LogP contribution in [0.25, 0.3) is 33.3 Å². The van der Waals surface area contributed by atoms with Crippen molar-refractivity contribution in [2.24, 2.45) is 17.1 Å². The molecule has 1 fully saturated rings. The number of hydrogen-bond donors (Lipinski definition) is 4. The molecule has 6 bridgehead atoms. The fraction of sp³-hybridized carbons (Fsp3) is 0.500. The number of rotatable bonds is 11. The van der Waals surface area contributed by atoms with Crippen LogP contribution in [0.5, 0.6) is 5.75 Å². The molecule has 0 unspecified atom stereocenters. The average molecular weight is 824 g/mol. The minimum atomic E-state index is -1.12. The summed E-state index contributed by atoms with van der Waals surface area (Å²) in [5.74, 6) is -1.98. The van der Waals surface area contributed by atoms with Crippen molar-refractivity contribution in [2.75, 3.05) is 40.5 Å². The number of ether oxygens (including phenoxy) is 2. The maximum absolute atomic E-state index is 14.5. The number of esters is 1. The van der Waals surface area contributed by atoms with Crippen molar-refractivity contribution < 1.29 is 33.8 Å². The van der Waals surface area contributed by atoms with Gasteiger partial charge in [-0.25, -0.2) is 5.43 Å². The van der Waals surface area contributed by atoms with Gasteiger partial charge >= 0.3 is 5.97 Å². The Kier molecular flexibility index (Phi) is 14.0. The van der Waals surface area contributed by atoms with E-state index in [1.165, 1.54) is 9.91 Å². The number of fused-ring (bicyclic) bond motifs is 6. The largest absolute Gasteiger partial charge is 0.508 e. The third-order valence-electron chi connectivity index (χ3n) is 11.7. The molecule has 1 saturated heterocycles. The summed E-state index contributed by atoms with van der Waals surface area (Å²) >= 11 is 0. The van der Waals surface area contributed by atoms with E-state index in [-0.39, 0.29) is 43.6 Å². The molecule has 60 heavy (non-hydrogen) atoms. The molecular formula is C46H61N7O7. The molecule has 6 rings (SSSR count). The van der Waals surface area contributed by atoms with Crippen LogP contribution in [0.15, 0.2) is 54.9 Å². The van der Waals surface area contributed by atoms with Crippen LogP contribution in [-0.2, 0) is 54.5 Å². The van der Waals surface area contributed by atoms with E-state index < -0.39 is 41.3 Å². The van der Waals surface area contributed by atoms with Crippen molar-refractivity contribution in [1.82, 2.24) is 30.2 Å². The summed E-state index contributed by atoms with van der Waals surface area (Å²) in [6, 6.07) is 10.8. The van der Waals surface area contributed by atoms with Crippen molar-refractivity contribution >= 4 is 34.6 Å². The number of likely N-dealkylation sites (N-methyl/N-ethyl adjacent to an activating group) is 1. The highest BCUT2D eigenvalue weighted by Gasteiger charge is 2.37. The van der Waals surface area contributed by atoms with Gasteiger partial charge in [0.15, 0.2) is 0 Å². The smallest absolute Gasteiger partial charge is 0.324 e. The summed E-state index contributed by atoms with van der Waals surface area (Å²) in [6.07, 6.45) is 6.08. The fourth-order valence-corrected chi connectivity index (χ4v) is 8.72. The van der Waals surface area contributed by atoms with E-state index in [0.29, 0.717) is 50.9 Å². The Morgan fingerprint density at radius 2 is 1.93 bits per heavy atom. The topological polar surface area (TPSA) is 181 Å². The maximum atomic E-state index is 14.5. The zero-order valence-corrected chi connectivity index (χ0v) is 36.0. The molecule has 0 spiro atoms. The predicted octanol–water partition coefficient (Wildman–Crippen LogP) is 4.76. The van der Waals surface area contributed by atoms with Crippen LogP contribution in [0.4, 0.5) is 0 Å². The highest BCUT2D eigenvalue weighted by molar-refractivity contribution is 5.96. The predicted molar refractivity (Wildman–Crippen MR) is 231 cm³/mol. The number of aromatic hydroxyl groups is 1. The van der Waals surface area contributed by atoms with Gasteiger partial charge < -0.3 is 35.1 Å². The summed E-state index contributed by atoms with van der Waals surface area (Å²) < 4.78 is 13.9. The van der Waals surface area contributed by atoms with Gasteiger partial charge in [0.2, 0.25) is 11.8 Å². The standard InChI is InChI=1S/C46H61N7O7/c1-8-52-39-12-11-31-24-34(39)35(42(52)36-26-48-17-14-30(36)15-19-59-7)25-46(4,5)27-60-45(58)37-10-9-18-53(50-37)44(57)38(22-29-20-32(31)23-33(54)21-29)49-43(56)41(28(2)3)51(6)40(55)13-16-47/h11-12,14,17,20-21,23-24,26,28,37-38,41,50,54H,8-10,13,15-16,18-19,22,25,27,47H2,1-7H3,(H,49,56)/t37-,38-,41-/m0/s1. The molecule has 14 heteroatoms. The molecular weight excluding hydrogens is 763 g/mol. The average Bonchev–Trinajstić information content (AvgIpc) is 3.52. The lowest BCUT2D eigenvalue weighted by atomic mass is 9.84. The Morgan fingerprint density at radius 1 is 1.15 bits per heavy atom. The van der Waals surface area contributed by atoms with Crippen LogP contribution >= 0.6 is 0 Å². The zero-order valence-electron chi connectivity index (χ0n) is 36.0. The van der Waals surface area contributed by atoms with Crippen LogP contribution < -0.4 is 16.5 Å². The summed E-state index contributed by atoms with van der Waals surface area (Å²) in [4.78, 5) is 61.3. The van der Waals surface area contributed by atoms with Gasteiger partial charge in [0.1, 0.15) is 23.9 Å². The Balaban J connectivity index is 1.50. The first kappa shape index (κ1) is 44.2. The third kappa shape index (κ3) is 9.66. The lowest BCUT2D eigenvalue weighted by Crippen LogP contribution is -2.62. The van der Waals surface area contributed by atoms with Crippen molar-refractivity contribution in [3.63, 3.8) is 0 Å². The maximum Gasteiger partial charge on any atom is 0.324 e. The molecule has 2 aliphatic heterocycles. The van der Waals surface area contributed by atoms with Crippen LogP contribution in [0.1, 0.15) is 70.6 Å². The van der Waals surface area contributed by atoms with E-state index in [4.69, 9.17) is 15.2 Å². The number of carbonyl (C=O) groups excluding carboxylic acids is 4. The Bertz CT molecular complexity index is 2220. The molecule has 14 nitrogen and oxygen atoms in total. The zero-order chi connectivity index (χ0) is 43.3. The lowest BCUT2D eigenvalue weighted by Gasteiger charge is -2.36. The number of hydrogen-bond acceptors (Lipinski definition) is 10. The summed E-state index contributed by atoms with van der Waals surface area (Å²) in [5, 5.41) is 16.6. The number of cyclic esters (lactones) is 1. The molecule has 0 saturated carbocycles. The van der Waals surface area contributed by atoms with E-state index in [9.17, 15) is 24.3 Å². The van der Waals surface area contributed by atoms with E-state index in [2.05, 4.69) is 53.2 Å². The first-order chi connectivity index (χ1) is 28.7. The van der Waals surface area contributed by atoms with Crippen molar-refractivity contribution in [3.8, 4) is 28.1 Å². The molecule has 4 heterocycles. The molecule has 2 aliphatic rings. The number of phenols is 1. The van der Waals surface area contributed by atoms with Crippen LogP contribution in [0, 0.1) is 11.3 Å². The Labute approximate surface area is 352 Å². The van der Waals surface area contributed by atoms with E-state index in [0.717, 1.165) is 44.4 Å². The number of hydrazine groups is 1. The van der Waals surface area contributed by atoms with Gasteiger partial charge in [-0.3, -0.25) is 29.2 Å². The first-order valence-electron chi connectivity index (χ1n) is 21.1. The van der Waals surface area contributed by atoms with Gasteiger partial charge in [0.25, 0.3) is 5.91 Å². The second-order valence-corrected chi connectivity index (χ2v) is 17.2. The Morgan fingerprint density at radius 3 is 2.65 bits per heavy atom. The number of amides is 3. The lowest BCUT2D eigenvalue weighted by molar-refractivity contribution is -0.155. The number of carbonyl (C=O) groups is 4. The number of methoxy groups -OCH3 is 1. The number of aryl methyl sites for hydroxylation is 1. The van der Waals surface area contributed by atoms with Gasteiger partial charge in [-0.15, -0.1) is 0 Å². The number of nitrogens with one attached hydrogen (secondary N) is 2. The number of nitrogens with zero attached hydrogens (tertiary/aromatic N) is 4. The van der Waals surface area contributed by atoms with Crippen LogP contribution in [0.3, 0.4) is 0 Å². The Hall–Kier alpha value is -5.31. The van der Waals surface area contributed by atoms with Gasteiger partial charge in [-0.05, 0) is 96.7 Å². The third-order valence-corrected chi connectivity index (χ3v) is 11.7. The molecule has 5 N–H and O–H groups in total. The second-order valence-electron chi connectivity index (χ2n) is 17.2. The van der Waals surface area contributed by atoms with Gasteiger partial charge in [-0.2, -0.15) is 0 Å². The molecule has 2 aromatic carbocycles. The normalized spacial score (nSPS) is 18.9. The summed E-state index contributed by atoms with van der Waals surface area (Å²) in [7, 11) is 3.26. The highest BCUT2D eigenvalue weighted by Crippen LogP contribution is 2.41. The molecule has 0 radical (unpaired) electrons. The number of aromatic nitrogens is 2. The number of benzene rings is 2. The molecule has 4 aromatic rings. The number of pyridine rings is 1. The molecule has 322 valence electrons. The molecule has 0 aliphatic carbocycles. The van der Waals surface area contributed by atoms with Gasteiger partial charge in [0, 0.05) is 80.9 Å². The first-order valence-corrected chi connectivity index (χ1v) is 21.1.